The third kappa shape index (κ3) is 4.47. The Morgan fingerprint density at radius 3 is 1.90 bits per heavy atom. The van der Waals surface area contributed by atoms with Gasteiger partial charge in [0, 0.05) is 22.2 Å². The highest BCUT2D eigenvalue weighted by atomic mass is 15.1. The van der Waals surface area contributed by atoms with E-state index in [-0.39, 0.29) is 5.41 Å². The van der Waals surface area contributed by atoms with Crippen molar-refractivity contribution < 1.29 is 0 Å². The molecule has 0 heterocycles. The van der Waals surface area contributed by atoms with Crippen molar-refractivity contribution >= 4 is 38.6 Å². The minimum atomic E-state index is -0.114. The lowest BCUT2D eigenvalue weighted by Crippen LogP contribution is -2.17. The van der Waals surface area contributed by atoms with Gasteiger partial charge in [-0.1, -0.05) is 159 Å². The van der Waals surface area contributed by atoms with Crippen LogP contribution in [0.15, 0.2) is 176 Å². The number of nitrogens with zero attached hydrogens (tertiary/aromatic N) is 1. The minimum Gasteiger partial charge on any atom is -0.309 e. The van der Waals surface area contributed by atoms with Gasteiger partial charge in [0.2, 0.25) is 0 Å². The molecule has 0 radical (unpaired) electrons. The summed E-state index contributed by atoms with van der Waals surface area (Å²) < 4.78 is 0. The van der Waals surface area contributed by atoms with E-state index in [2.05, 4.69) is 195 Å². The molecule has 0 saturated heterocycles. The van der Waals surface area contributed by atoms with Crippen LogP contribution in [0.3, 0.4) is 0 Å². The van der Waals surface area contributed by atoms with Gasteiger partial charge in [-0.15, -0.1) is 0 Å². The smallest absolute Gasteiger partial charge is 0.0546 e. The first-order chi connectivity index (χ1) is 23.6. The Balaban J connectivity index is 1.36. The van der Waals surface area contributed by atoms with E-state index in [0.717, 1.165) is 17.1 Å². The van der Waals surface area contributed by atoms with Gasteiger partial charge in [0.25, 0.3) is 0 Å². The molecule has 0 fully saturated rings. The summed E-state index contributed by atoms with van der Waals surface area (Å²) in [5.74, 6) is 0. The van der Waals surface area contributed by atoms with Crippen molar-refractivity contribution in [2.24, 2.45) is 0 Å². The Kier molecular flexibility index (Phi) is 6.55. The van der Waals surface area contributed by atoms with E-state index in [0.29, 0.717) is 0 Å². The highest BCUT2D eigenvalue weighted by Crippen LogP contribution is 2.52. The zero-order chi connectivity index (χ0) is 32.2. The first-order valence-electron chi connectivity index (χ1n) is 16.8. The molecule has 8 aromatic carbocycles. The molecule has 48 heavy (non-hydrogen) atoms. The zero-order valence-electron chi connectivity index (χ0n) is 27.2. The Morgan fingerprint density at radius 2 is 1.04 bits per heavy atom. The fourth-order valence-corrected chi connectivity index (χ4v) is 7.86. The van der Waals surface area contributed by atoms with E-state index >= 15 is 0 Å². The van der Waals surface area contributed by atoms with Crippen molar-refractivity contribution in [2.75, 3.05) is 4.90 Å². The van der Waals surface area contributed by atoms with Crippen LogP contribution < -0.4 is 4.90 Å². The van der Waals surface area contributed by atoms with Crippen LogP contribution in [0.2, 0.25) is 0 Å². The van der Waals surface area contributed by atoms with Gasteiger partial charge in [-0.3, -0.25) is 0 Å². The van der Waals surface area contributed by atoms with E-state index < -0.39 is 0 Å². The maximum Gasteiger partial charge on any atom is 0.0546 e. The van der Waals surface area contributed by atoms with Crippen LogP contribution in [0.4, 0.5) is 17.1 Å². The van der Waals surface area contributed by atoms with Crippen molar-refractivity contribution in [3.8, 4) is 33.4 Å². The van der Waals surface area contributed by atoms with E-state index in [1.807, 2.05) is 0 Å². The lowest BCUT2D eigenvalue weighted by atomic mass is 9.82. The SMILES string of the molecule is CC1(C)c2ccccc2-c2ccc(N(c3ccccc3-c3ccccc3)c3ccc4ccccc4c3-c3ccc4ccccc4c3)cc21. The number of benzene rings is 8. The topological polar surface area (TPSA) is 3.24 Å². The van der Waals surface area contributed by atoms with Crippen LogP contribution in [0, 0.1) is 0 Å². The van der Waals surface area contributed by atoms with Crippen molar-refractivity contribution in [3.05, 3.63) is 187 Å². The zero-order valence-corrected chi connectivity index (χ0v) is 27.2. The van der Waals surface area contributed by atoms with Crippen LogP contribution >= 0.6 is 0 Å². The predicted octanol–water partition coefficient (Wildman–Crippen LogP) is 13.1. The fraction of sp³-hybridized carbons (Fsp3) is 0.0638. The fourth-order valence-electron chi connectivity index (χ4n) is 7.86. The average Bonchev–Trinajstić information content (AvgIpc) is 3.37. The second kappa shape index (κ2) is 11.1. The number of anilines is 3. The van der Waals surface area contributed by atoms with Crippen LogP contribution in [0.25, 0.3) is 54.9 Å². The van der Waals surface area contributed by atoms with Gasteiger partial charge in [0.1, 0.15) is 0 Å². The summed E-state index contributed by atoms with van der Waals surface area (Å²) in [6, 6.07) is 64.5. The molecule has 8 aromatic rings. The minimum absolute atomic E-state index is 0.114. The lowest BCUT2D eigenvalue weighted by molar-refractivity contribution is 0.660. The summed E-state index contributed by atoms with van der Waals surface area (Å²) in [6.45, 7) is 4.72. The van der Waals surface area contributed by atoms with Crippen LogP contribution in [0.5, 0.6) is 0 Å². The number of fused-ring (bicyclic) bond motifs is 5. The molecule has 1 heteroatoms. The molecule has 1 aliphatic carbocycles. The third-order valence-corrected chi connectivity index (χ3v) is 10.2. The third-order valence-electron chi connectivity index (χ3n) is 10.2. The highest BCUT2D eigenvalue weighted by Gasteiger charge is 2.36. The monoisotopic (exact) mass is 613 g/mol. The summed E-state index contributed by atoms with van der Waals surface area (Å²) in [4.78, 5) is 2.50. The molecule has 0 unspecified atom stereocenters. The van der Waals surface area contributed by atoms with Gasteiger partial charge >= 0.3 is 0 Å². The largest absolute Gasteiger partial charge is 0.309 e. The first kappa shape index (κ1) is 28.3. The summed E-state index contributed by atoms with van der Waals surface area (Å²) >= 11 is 0. The van der Waals surface area contributed by atoms with Gasteiger partial charge in [0.15, 0.2) is 0 Å². The maximum absolute atomic E-state index is 2.50. The van der Waals surface area contributed by atoms with E-state index in [1.165, 1.54) is 66.1 Å². The standard InChI is InChI=1S/C47H35N/c1-47(2)42-22-12-10-21-40(42)41-28-27-37(31-43(41)47)48(44-23-13-11-19-38(44)33-15-4-3-5-16-33)45-29-26-34-17-8-9-20-39(34)46(45)36-25-24-32-14-6-7-18-35(32)30-36/h3-31H,1-2H3. The Hall–Kier alpha value is -5.92. The van der Waals surface area contributed by atoms with Crippen LogP contribution in [-0.2, 0) is 5.41 Å². The molecule has 0 aliphatic heterocycles. The second-order valence-electron chi connectivity index (χ2n) is 13.4. The molecule has 0 amide bonds. The molecular formula is C47H35N. The van der Waals surface area contributed by atoms with Gasteiger partial charge in [-0.25, -0.2) is 0 Å². The van der Waals surface area contributed by atoms with Gasteiger partial charge in [0.05, 0.1) is 11.4 Å². The summed E-state index contributed by atoms with van der Waals surface area (Å²) in [5.41, 5.74) is 13.6. The molecule has 228 valence electrons. The van der Waals surface area contributed by atoms with E-state index in [9.17, 15) is 0 Å². The predicted molar refractivity (Wildman–Crippen MR) is 205 cm³/mol. The number of hydrogen-bond donors (Lipinski definition) is 0. The molecule has 1 nitrogen and oxygen atoms in total. The Labute approximate surface area is 282 Å². The van der Waals surface area contributed by atoms with Crippen molar-refractivity contribution in [3.63, 3.8) is 0 Å². The first-order valence-corrected chi connectivity index (χ1v) is 16.8. The Morgan fingerprint density at radius 1 is 0.396 bits per heavy atom. The summed E-state index contributed by atoms with van der Waals surface area (Å²) in [5, 5.41) is 4.95. The molecule has 9 rings (SSSR count). The van der Waals surface area contributed by atoms with E-state index in [4.69, 9.17) is 0 Å². The molecule has 0 spiro atoms. The van der Waals surface area contributed by atoms with Crippen molar-refractivity contribution in [1.29, 1.82) is 0 Å². The molecular weight excluding hydrogens is 579 g/mol. The maximum atomic E-state index is 2.50. The Bertz CT molecular complexity index is 2490. The number of rotatable bonds is 5. The van der Waals surface area contributed by atoms with Gasteiger partial charge < -0.3 is 4.90 Å². The number of para-hydroxylation sites is 1. The van der Waals surface area contributed by atoms with Gasteiger partial charge in [-0.05, 0) is 85.3 Å². The highest BCUT2D eigenvalue weighted by molar-refractivity contribution is 6.07. The summed E-state index contributed by atoms with van der Waals surface area (Å²) in [6.07, 6.45) is 0. The average molecular weight is 614 g/mol. The van der Waals surface area contributed by atoms with E-state index in [1.54, 1.807) is 0 Å². The van der Waals surface area contributed by atoms with Gasteiger partial charge in [-0.2, -0.15) is 0 Å². The molecule has 0 bridgehead atoms. The molecule has 0 atom stereocenters. The van der Waals surface area contributed by atoms with Crippen LogP contribution in [-0.4, -0.2) is 0 Å². The molecule has 0 saturated carbocycles. The molecule has 0 N–H and O–H groups in total. The van der Waals surface area contributed by atoms with Crippen molar-refractivity contribution in [2.45, 2.75) is 19.3 Å². The van der Waals surface area contributed by atoms with Crippen LogP contribution in [0.1, 0.15) is 25.0 Å². The second-order valence-corrected chi connectivity index (χ2v) is 13.4. The molecule has 0 aromatic heterocycles. The number of hydrogen-bond acceptors (Lipinski definition) is 1. The molecule has 1 aliphatic rings. The summed E-state index contributed by atoms with van der Waals surface area (Å²) in [7, 11) is 0. The normalized spacial score (nSPS) is 13.0. The quantitative estimate of drug-likeness (QED) is 0.187. The lowest BCUT2D eigenvalue weighted by Gasteiger charge is -2.32. The van der Waals surface area contributed by atoms with Crippen molar-refractivity contribution in [1.82, 2.24) is 0 Å².